The summed E-state index contributed by atoms with van der Waals surface area (Å²) in [4.78, 5) is 13.3. The number of para-hydroxylation sites is 1. The molecule has 82 valence electrons. The third-order valence-electron chi connectivity index (χ3n) is 2.43. The van der Waals surface area contributed by atoms with E-state index in [-0.39, 0.29) is 5.82 Å². The maximum atomic E-state index is 13.4. The molecular formula is C12H10FNO2. The molecule has 0 aliphatic carbocycles. The number of carboxylic acid groups (broad SMARTS) is 1. The SMILES string of the molecule is CC(=CC(=O)O)c1c[nH]c2c(F)cccc12. The van der Waals surface area contributed by atoms with Crippen molar-refractivity contribution in [2.24, 2.45) is 0 Å². The third-order valence-corrected chi connectivity index (χ3v) is 2.43. The van der Waals surface area contributed by atoms with Crippen molar-refractivity contribution in [2.45, 2.75) is 6.92 Å². The Hall–Kier alpha value is -2.10. The lowest BCUT2D eigenvalue weighted by atomic mass is 10.1. The summed E-state index contributed by atoms with van der Waals surface area (Å²) in [5.41, 5.74) is 1.69. The molecule has 4 heteroatoms. The Morgan fingerprint density at radius 3 is 2.94 bits per heavy atom. The fraction of sp³-hybridized carbons (Fsp3) is 0.0833. The lowest BCUT2D eigenvalue weighted by Crippen LogP contribution is -1.89. The topological polar surface area (TPSA) is 53.1 Å². The van der Waals surface area contributed by atoms with Crippen LogP contribution in [0.5, 0.6) is 0 Å². The van der Waals surface area contributed by atoms with Gasteiger partial charge in [0.05, 0.1) is 5.52 Å². The van der Waals surface area contributed by atoms with Gasteiger partial charge in [-0.25, -0.2) is 9.18 Å². The van der Waals surface area contributed by atoms with Crippen molar-refractivity contribution in [3.63, 3.8) is 0 Å². The number of hydrogen-bond donors (Lipinski definition) is 2. The van der Waals surface area contributed by atoms with Gasteiger partial charge >= 0.3 is 5.97 Å². The van der Waals surface area contributed by atoms with Crippen LogP contribution in [-0.2, 0) is 4.79 Å². The van der Waals surface area contributed by atoms with E-state index < -0.39 is 5.97 Å². The van der Waals surface area contributed by atoms with Crippen molar-refractivity contribution in [2.75, 3.05) is 0 Å². The van der Waals surface area contributed by atoms with Gasteiger partial charge in [0.2, 0.25) is 0 Å². The molecule has 1 aromatic carbocycles. The van der Waals surface area contributed by atoms with Crippen LogP contribution in [0.25, 0.3) is 16.5 Å². The summed E-state index contributed by atoms with van der Waals surface area (Å²) < 4.78 is 13.4. The van der Waals surface area contributed by atoms with E-state index in [1.165, 1.54) is 6.07 Å². The van der Waals surface area contributed by atoms with Crippen molar-refractivity contribution < 1.29 is 14.3 Å². The molecule has 0 radical (unpaired) electrons. The molecule has 2 aromatic rings. The zero-order valence-electron chi connectivity index (χ0n) is 8.62. The number of allylic oxidation sites excluding steroid dienone is 1. The average molecular weight is 219 g/mol. The van der Waals surface area contributed by atoms with Gasteiger partial charge in [0.15, 0.2) is 0 Å². The molecule has 3 nitrogen and oxygen atoms in total. The van der Waals surface area contributed by atoms with Gasteiger partial charge in [0.1, 0.15) is 5.82 Å². The van der Waals surface area contributed by atoms with Crippen LogP contribution in [-0.4, -0.2) is 16.1 Å². The highest BCUT2D eigenvalue weighted by Gasteiger charge is 2.08. The molecule has 2 rings (SSSR count). The molecule has 0 unspecified atom stereocenters. The number of carboxylic acids is 1. The summed E-state index contributed by atoms with van der Waals surface area (Å²) in [5.74, 6) is -1.35. The predicted molar refractivity (Wildman–Crippen MR) is 59.5 cm³/mol. The van der Waals surface area contributed by atoms with E-state index in [0.29, 0.717) is 22.0 Å². The quantitative estimate of drug-likeness (QED) is 0.763. The van der Waals surface area contributed by atoms with E-state index in [1.54, 1.807) is 25.3 Å². The smallest absolute Gasteiger partial charge is 0.328 e. The first-order chi connectivity index (χ1) is 7.59. The van der Waals surface area contributed by atoms with Crippen LogP contribution < -0.4 is 0 Å². The van der Waals surface area contributed by atoms with Gasteiger partial charge in [0.25, 0.3) is 0 Å². The number of fused-ring (bicyclic) bond motifs is 1. The van der Waals surface area contributed by atoms with Gasteiger partial charge in [-0.05, 0) is 18.6 Å². The maximum Gasteiger partial charge on any atom is 0.328 e. The van der Waals surface area contributed by atoms with Crippen molar-refractivity contribution in [3.05, 3.63) is 41.9 Å². The lowest BCUT2D eigenvalue weighted by Gasteiger charge is -1.98. The van der Waals surface area contributed by atoms with E-state index in [2.05, 4.69) is 4.98 Å². The fourth-order valence-corrected chi connectivity index (χ4v) is 1.71. The number of aromatic nitrogens is 1. The van der Waals surface area contributed by atoms with Crippen molar-refractivity contribution in [3.8, 4) is 0 Å². The molecule has 0 saturated carbocycles. The molecule has 0 aliphatic rings. The highest BCUT2D eigenvalue weighted by molar-refractivity contribution is 5.97. The maximum absolute atomic E-state index is 13.4. The number of benzene rings is 1. The van der Waals surface area contributed by atoms with E-state index >= 15 is 0 Å². The average Bonchev–Trinajstić information content (AvgIpc) is 2.61. The van der Waals surface area contributed by atoms with Gasteiger partial charge in [0, 0.05) is 23.2 Å². The molecule has 0 aliphatic heterocycles. The van der Waals surface area contributed by atoms with E-state index in [1.807, 2.05) is 0 Å². The Bertz CT molecular complexity index is 584. The Kier molecular flexibility index (Phi) is 2.48. The number of carbonyl (C=O) groups is 1. The monoisotopic (exact) mass is 219 g/mol. The van der Waals surface area contributed by atoms with Gasteiger partial charge in [-0.2, -0.15) is 0 Å². The van der Waals surface area contributed by atoms with Crippen LogP contribution in [0, 0.1) is 5.82 Å². The number of H-pyrrole nitrogens is 1. The summed E-state index contributed by atoms with van der Waals surface area (Å²) in [6, 6.07) is 4.71. The number of rotatable bonds is 2. The minimum Gasteiger partial charge on any atom is -0.478 e. The molecule has 0 atom stereocenters. The first kappa shape index (κ1) is 10.4. The van der Waals surface area contributed by atoms with Gasteiger partial charge < -0.3 is 10.1 Å². The molecule has 0 bridgehead atoms. The molecule has 0 saturated heterocycles. The van der Waals surface area contributed by atoms with Crippen molar-refractivity contribution in [1.29, 1.82) is 0 Å². The van der Waals surface area contributed by atoms with Crippen LogP contribution in [0.2, 0.25) is 0 Å². The first-order valence-electron chi connectivity index (χ1n) is 4.77. The number of aromatic amines is 1. The molecule has 1 heterocycles. The summed E-state index contributed by atoms with van der Waals surface area (Å²) in [6.07, 6.45) is 2.72. The molecule has 16 heavy (non-hydrogen) atoms. The van der Waals surface area contributed by atoms with E-state index in [4.69, 9.17) is 5.11 Å². The van der Waals surface area contributed by atoms with Crippen molar-refractivity contribution in [1.82, 2.24) is 4.98 Å². The van der Waals surface area contributed by atoms with Gasteiger partial charge in [-0.15, -0.1) is 0 Å². The standard InChI is InChI=1S/C12H10FNO2/c1-7(5-11(15)16)9-6-14-12-8(9)3-2-4-10(12)13/h2-6,14H,1H3,(H,15,16). The summed E-state index contributed by atoms with van der Waals surface area (Å²) in [7, 11) is 0. The van der Waals surface area contributed by atoms with Crippen LogP contribution in [0.15, 0.2) is 30.5 Å². The highest BCUT2D eigenvalue weighted by Crippen LogP contribution is 2.26. The normalized spacial score (nSPS) is 12.0. The molecule has 2 N–H and O–H groups in total. The highest BCUT2D eigenvalue weighted by atomic mass is 19.1. The van der Waals surface area contributed by atoms with Crippen LogP contribution in [0.3, 0.4) is 0 Å². The minimum absolute atomic E-state index is 0.341. The number of aliphatic carboxylic acids is 1. The number of hydrogen-bond acceptors (Lipinski definition) is 1. The Morgan fingerprint density at radius 2 is 2.25 bits per heavy atom. The van der Waals surface area contributed by atoms with Crippen LogP contribution in [0.1, 0.15) is 12.5 Å². The van der Waals surface area contributed by atoms with E-state index in [0.717, 1.165) is 6.08 Å². The Balaban J connectivity index is 2.63. The number of halogens is 1. The molecule has 1 aromatic heterocycles. The lowest BCUT2D eigenvalue weighted by molar-refractivity contribution is -0.131. The largest absolute Gasteiger partial charge is 0.478 e. The predicted octanol–water partition coefficient (Wildman–Crippen LogP) is 2.79. The fourth-order valence-electron chi connectivity index (χ4n) is 1.71. The molecular weight excluding hydrogens is 209 g/mol. The van der Waals surface area contributed by atoms with Crippen LogP contribution >= 0.6 is 0 Å². The van der Waals surface area contributed by atoms with Gasteiger partial charge in [-0.3, -0.25) is 0 Å². The Morgan fingerprint density at radius 1 is 1.50 bits per heavy atom. The molecule has 0 fully saturated rings. The summed E-state index contributed by atoms with van der Waals surface area (Å²) in [5, 5.41) is 9.34. The van der Waals surface area contributed by atoms with Crippen molar-refractivity contribution >= 4 is 22.4 Å². The zero-order chi connectivity index (χ0) is 11.7. The van der Waals surface area contributed by atoms with Crippen LogP contribution in [0.4, 0.5) is 4.39 Å². The first-order valence-corrected chi connectivity index (χ1v) is 4.77. The zero-order valence-corrected chi connectivity index (χ0v) is 8.62. The second kappa shape index (κ2) is 3.81. The van der Waals surface area contributed by atoms with E-state index in [9.17, 15) is 9.18 Å². The summed E-state index contributed by atoms with van der Waals surface area (Å²) in [6.45, 7) is 1.68. The molecule has 0 spiro atoms. The second-order valence-corrected chi connectivity index (χ2v) is 3.53. The summed E-state index contributed by atoms with van der Waals surface area (Å²) >= 11 is 0. The number of nitrogens with one attached hydrogen (secondary N) is 1. The molecule has 0 amide bonds. The van der Waals surface area contributed by atoms with Gasteiger partial charge in [-0.1, -0.05) is 12.1 Å². The Labute approximate surface area is 91.2 Å². The minimum atomic E-state index is -1.01. The third kappa shape index (κ3) is 1.69. The second-order valence-electron chi connectivity index (χ2n) is 3.53.